The maximum Gasteiger partial charge on any atom is 0.308 e. The van der Waals surface area contributed by atoms with Gasteiger partial charge in [0, 0.05) is 12.1 Å². The molecule has 1 heterocycles. The summed E-state index contributed by atoms with van der Waals surface area (Å²) in [5.74, 6) is -0.451. The molecule has 0 radical (unpaired) electrons. The summed E-state index contributed by atoms with van der Waals surface area (Å²) in [5, 5.41) is 3.17. The van der Waals surface area contributed by atoms with Gasteiger partial charge in [-0.15, -0.1) is 0 Å². The number of amides is 1. The highest BCUT2D eigenvalue weighted by atomic mass is 16.5. The van der Waals surface area contributed by atoms with Gasteiger partial charge in [0.15, 0.2) is 0 Å². The molecule has 0 spiro atoms. The minimum Gasteiger partial charge on any atom is -0.457 e. The number of H-pyrrole nitrogens is 1. The van der Waals surface area contributed by atoms with Gasteiger partial charge in [-0.1, -0.05) is 30.3 Å². The van der Waals surface area contributed by atoms with E-state index in [1.54, 1.807) is 36.4 Å². The molecule has 138 valence electrons. The number of nitrogens with one attached hydrogen (secondary N) is 2. The summed E-state index contributed by atoms with van der Waals surface area (Å²) >= 11 is 0. The lowest BCUT2D eigenvalue weighted by atomic mass is 10.1. The van der Waals surface area contributed by atoms with E-state index in [2.05, 4.69) is 15.3 Å². The van der Waals surface area contributed by atoms with Crippen LogP contribution in [-0.4, -0.2) is 28.4 Å². The fourth-order valence-electron chi connectivity index (χ4n) is 2.63. The van der Waals surface area contributed by atoms with Crippen molar-refractivity contribution in [2.45, 2.75) is 20.0 Å². The number of esters is 1. The number of ether oxygens (including phenoxy) is 1. The number of carbonyl (C=O) groups excluding carboxylic acids is 2. The molecule has 7 nitrogen and oxygen atoms in total. The minimum atomic E-state index is -0.490. The van der Waals surface area contributed by atoms with Crippen molar-refractivity contribution in [1.29, 1.82) is 0 Å². The molecule has 0 unspecified atom stereocenters. The Hall–Kier alpha value is -3.48. The Morgan fingerprint density at radius 3 is 2.67 bits per heavy atom. The van der Waals surface area contributed by atoms with Gasteiger partial charge in [-0.3, -0.25) is 14.4 Å². The molecule has 0 bridgehead atoms. The lowest BCUT2D eigenvalue weighted by molar-refractivity contribution is -0.145. The van der Waals surface area contributed by atoms with Crippen LogP contribution in [0, 0.1) is 6.92 Å². The number of hydrogen-bond acceptors (Lipinski definition) is 5. The minimum absolute atomic E-state index is 0.0232. The molecule has 0 aliphatic heterocycles. The highest BCUT2D eigenvalue weighted by Crippen LogP contribution is 2.07. The Labute approximate surface area is 155 Å². The smallest absolute Gasteiger partial charge is 0.308 e. The van der Waals surface area contributed by atoms with Crippen LogP contribution in [0.4, 0.5) is 0 Å². The summed E-state index contributed by atoms with van der Waals surface area (Å²) in [6.45, 7) is 1.87. The number of carbonyl (C=O) groups is 2. The Bertz CT molecular complexity index is 1040. The molecule has 1 amide bonds. The van der Waals surface area contributed by atoms with Gasteiger partial charge in [-0.2, -0.15) is 0 Å². The predicted molar refractivity (Wildman–Crippen MR) is 100 cm³/mol. The fraction of sp³-hybridized carbons (Fsp3) is 0.200. The van der Waals surface area contributed by atoms with E-state index < -0.39 is 5.97 Å². The largest absolute Gasteiger partial charge is 0.457 e. The zero-order valence-corrected chi connectivity index (χ0v) is 14.8. The number of nitrogens with zero attached hydrogens (tertiary/aromatic N) is 1. The van der Waals surface area contributed by atoms with Crippen LogP contribution in [0.5, 0.6) is 0 Å². The third-order valence-corrected chi connectivity index (χ3v) is 4.04. The SMILES string of the molecule is Cc1ccccc1C(=O)NCCC(=O)OCc1nc2ccccc2c(=O)[nH]1. The van der Waals surface area contributed by atoms with Crippen molar-refractivity contribution in [3.63, 3.8) is 0 Å². The quantitative estimate of drug-likeness (QED) is 0.652. The van der Waals surface area contributed by atoms with Gasteiger partial charge in [-0.05, 0) is 30.7 Å². The monoisotopic (exact) mass is 365 g/mol. The van der Waals surface area contributed by atoms with Crippen molar-refractivity contribution >= 4 is 22.8 Å². The highest BCUT2D eigenvalue weighted by Gasteiger charge is 2.10. The van der Waals surface area contributed by atoms with E-state index >= 15 is 0 Å². The number of aromatic amines is 1. The van der Waals surface area contributed by atoms with E-state index in [4.69, 9.17) is 4.74 Å². The first-order valence-electron chi connectivity index (χ1n) is 8.52. The van der Waals surface area contributed by atoms with E-state index in [1.165, 1.54) is 0 Å². The van der Waals surface area contributed by atoms with E-state index in [1.807, 2.05) is 19.1 Å². The average molecular weight is 365 g/mol. The average Bonchev–Trinajstić information content (AvgIpc) is 2.66. The van der Waals surface area contributed by atoms with Gasteiger partial charge in [0.2, 0.25) is 0 Å². The van der Waals surface area contributed by atoms with Crippen LogP contribution in [0.1, 0.15) is 28.2 Å². The van der Waals surface area contributed by atoms with Gasteiger partial charge >= 0.3 is 5.97 Å². The first kappa shape index (κ1) is 18.3. The van der Waals surface area contributed by atoms with Crippen molar-refractivity contribution in [3.05, 3.63) is 75.8 Å². The summed E-state index contributed by atoms with van der Waals surface area (Å²) in [6.07, 6.45) is 0.0232. The molecule has 0 fully saturated rings. The Morgan fingerprint density at radius 2 is 1.85 bits per heavy atom. The van der Waals surface area contributed by atoms with E-state index in [0.717, 1.165) is 5.56 Å². The van der Waals surface area contributed by atoms with Crippen molar-refractivity contribution in [3.8, 4) is 0 Å². The number of para-hydroxylation sites is 1. The van der Waals surface area contributed by atoms with Crippen molar-refractivity contribution in [2.24, 2.45) is 0 Å². The number of fused-ring (bicyclic) bond motifs is 1. The highest BCUT2D eigenvalue weighted by molar-refractivity contribution is 5.95. The molecule has 0 saturated carbocycles. The molecule has 1 aromatic heterocycles. The van der Waals surface area contributed by atoms with Gasteiger partial charge in [-0.25, -0.2) is 4.98 Å². The third-order valence-electron chi connectivity index (χ3n) is 4.04. The number of aromatic nitrogens is 2. The number of aryl methyl sites for hydroxylation is 1. The molecule has 2 aromatic carbocycles. The molecule has 2 N–H and O–H groups in total. The second-order valence-electron chi connectivity index (χ2n) is 6.01. The van der Waals surface area contributed by atoms with Gasteiger partial charge in [0.25, 0.3) is 11.5 Å². The zero-order valence-electron chi connectivity index (χ0n) is 14.8. The summed E-state index contributed by atoms with van der Waals surface area (Å²) in [5.41, 5.74) is 1.70. The van der Waals surface area contributed by atoms with Gasteiger partial charge < -0.3 is 15.0 Å². The molecule has 0 aliphatic carbocycles. The number of hydrogen-bond donors (Lipinski definition) is 2. The van der Waals surface area contributed by atoms with Gasteiger partial charge in [0.05, 0.1) is 17.3 Å². The predicted octanol–water partition coefficient (Wildman–Crippen LogP) is 2.09. The summed E-state index contributed by atoms with van der Waals surface area (Å²) in [6, 6.07) is 14.1. The van der Waals surface area contributed by atoms with E-state index in [-0.39, 0.29) is 36.9 Å². The van der Waals surface area contributed by atoms with Crippen molar-refractivity contribution in [1.82, 2.24) is 15.3 Å². The molecule has 0 saturated heterocycles. The second-order valence-corrected chi connectivity index (χ2v) is 6.01. The third kappa shape index (κ3) is 4.58. The molecule has 27 heavy (non-hydrogen) atoms. The maximum absolute atomic E-state index is 12.1. The zero-order chi connectivity index (χ0) is 19.2. The summed E-state index contributed by atoms with van der Waals surface area (Å²) < 4.78 is 5.12. The Kier molecular flexibility index (Phi) is 5.61. The summed E-state index contributed by atoms with van der Waals surface area (Å²) in [4.78, 5) is 42.8. The lowest BCUT2D eigenvalue weighted by Gasteiger charge is -2.08. The van der Waals surface area contributed by atoms with E-state index in [0.29, 0.717) is 16.5 Å². The number of benzene rings is 2. The van der Waals surface area contributed by atoms with Crippen LogP contribution in [-0.2, 0) is 16.1 Å². The molecule has 7 heteroatoms. The Morgan fingerprint density at radius 1 is 1.11 bits per heavy atom. The van der Waals surface area contributed by atoms with Crippen molar-refractivity contribution in [2.75, 3.05) is 6.54 Å². The van der Waals surface area contributed by atoms with Crippen LogP contribution in [0.25, 0.3) is 10.9 Å². The first-order valence-corrected chi connectivity index (χ1v) is 8.52. The lowest BCUT2D eigenvalue weighted by Crippen LogP contribution is -2.27. The fourth-order valence-corrected chi connectivity index (χ4v) is 2.63. The van der Waals surface area contributed by atoms with Crippen LogP contribution < -0.4 is 10.9 Å². The van der Waals surface area contributed by atoms with Crippen LogP contribution >= 0.6 is 0 Å². The van der Waals surface area contributed by atoms with Crippen LogP contribution in [0.2, 0.25) is 0 Å². The second kappa shape index (κ2) is 8.27. The molecular weight excluding hydrogens is 346 g/mol. The maximum atomic E-state index is 12.1. The Balaban J connectivity index is 1.50. The molecule has 0 atom stereocenters. The molecule has 0 aliphatic rings. The standard InChI is InChI=1S/C20H19N3O4/c1-13-6-2-3-7-14(13)19(25)21-11-10-18(24)27-12-17-22-16-9-5-4-8-15(16)20(26)23-17/h2-9H,10-12H2,1H3,(H,21,25)(H,22,23,26). The van der Waals surface area contributed by atoms with Crippen molar-refractivity contribution < 1.29 is 14.3 Å². The summed E-state index contributed by atoms with van der Waals surface area (Å²) in [7, 11) is 0. The van der Waals surface area contributed by atoms with Crippen LogP contribution in [0.3, 0.4) is 0 Å². The number of rotatable bonds is 6. The topological polar surface area (TPSA) is 101 Å². The van der Waals surface area contributed by atoms with E-state index in [9.17, 15) is 14.4 Å². The normalized spacial score (nSPS) is 10.6. The van der Waals surface area contributed by atoms with Crippen LogP contribution in [0.15, 0.2) is 53.3 Å². The first-order chi connectivity index (χ1) is 13.0. The molecular formula is C20H19N3O4. The van der Waals surface area contributed by atoms with Gasteiger partial charge in [0.1, 0.15) is 12.4 Å². The molecule has 3 aromatic rings. The molecule has 3 rings (SSSR count).